The Hall–Kier alpha value is 0.213. The first-order valence-electron chi connectivity index (χ1n) is 3.85. The standard InChI is InChI=1S/C5H4N.C4H8O.BrH.Zn/c1-2-4-6-5-3-1;1-2-4-5-3-1;;/h1-4H;1-4H2;1H;/q-1;;;. The number of hydrogen-bond donors (Lipinski definition) is 0. The van der Waals surface area contributed by atoms with Crippen molar-refractivity contribution < 1.29 is 24.2 Å². The average Bonchev–Trinajstić information content (AvgIpc) is 2.64. The van der Waals surface area contributed by atoms with Crippen LogP contribution in [0.5, 0.6) is 0 Å². The van der Waals surface area contributed by atoms with Gasteiger partial charge < -0.3 is 9.72 Å². The summed E-state index contributed by atoms with van der Waals surface area (Å²) in [6.45, 7) is 2.00. The Morgan fingerprint density at radius 3 is 2.00 bits per heavy atom. The molecule has 0 atom stereocenters. The van der Waals surface area contributed by atoms with Crippen LogP contribution in [0.1, 0.15) is 12.8 Å². The zero-order valence-corrected chi connectivity index (χ0v) is 12.3. The zero-order chi connectivity index (χ0) is 7.78. The monoisotopic (exact) mass is 294 g/mol. The van der Waals surface area contributed by atoms with E-state index in [0.29, 0.717) is 0 Å². The molecule has 0 N–H and O–H groups in total. The first-order chi connectivity index (χ1) is 5.50. The van der Waals surface area contributed by atoms with Gasteiger partial charge in [-0.3, -0.25) is 0 Å². The van der Waals surface area contributed by atoms with Gasteiger partial charge in [0.05, 0.1) is 0 Å². The van der Waals surface area contributed by atoms with Gasteiger partial charge in [0, 0.05) is 32.7 Å². The first kappa shape index (κ1) is 15.7. The number of pyridine rings is 1. The van der Waals surface area contributed by atoms with Crippen LogP contribution in [0.25, 0.3) is 0 Å². The summed E-state index contributed by atoms with van der Waals surface area (Å²) in [6, 6.07) is 5.50. The van der Waals surface area contributed by atoms with Crippen molar-refractivity contribution in [3.05, 3.63) is 30.6 Å². The van der Waals surface area contributed by atoms with Gasteiger partial charge in [0.25, 0.3) is 0 Å². The molecular formula is C9H13BrNOZn-. The van der Waals surface area contributed by atoms with Gasteiger partial charge in [0.15, 0.2) is 0 Å². The van der Waals surface area contributed by atoms with Crippen LogP contribution in [0, 0.1) is 6.20 Å². The van der Waals surface area contributed by atoms with Crippen molar-refractivity contribution in [2.24, 2.45) is 0 Å². The Kier molecular flexibility index (Phi) is 14.7. The Morgan fingerprint density at radius 1 is 1.15 bits per heavy atom. The SMILES string of the molecule is Br.C1CCOC1.[Zn].[c-]1ccccn1. The maximum atomic E-state index is 4.94. The number of hydrogen-bond acceptors (Lipinski definition) is 2. The van der Waals surface area contributed by atoms with Crippen LogP contribution in [-0.4, -0.2) is 18.2 Å². The fourth-order valence-electron chi connectivity index (χ4n) is 0.788. The molecule has 0 amide bonds. The van der Waals surface area contributed by atoms with E-state index >= 15 is 0 Å². The van der Waals surface area contributed by atoms with E-state index in [4.69, 9.17) is 4.74 Å². The molecule has 0 bridgehead atoms. The number of rotatable bonds is 0. The molecule has 1 aromatic rings. The average molecular weight is 297 g/mol. The van der Waals surface area contributed by atoms with Crippen LogP contribution >= 0.6 is 17.0 Å². The van der Waals surface area contributed by atoms with E-state index in [9.17, 15) is 0 Å². The second kappa shape index (κ2) is 12.2. The minimum atomic E-state index is 0. The van der Waals surface area contributed by atoms with Crippen molar-refractivity contribution in [3.63, 3.8) is 0 Å². The zero-order valence-electron chi connectivity index (χ0n) is 7.61. The summed E-state index contributed by atoms with van der Waals surface area (Å²) in [5.74, 6) is 0. The summed E-state index contributed by atoms with van der Waals surface area (Å²) in [6.07, 6.45) is 6.89. The molecule has 1 aliphatic rings. The van der Waals surface area contributed by atoms with E-state index in [-0.39, 0.29) is 36.5 Å². The van der Waals surface area contributed by atoms with Crippen LogP contribution in [0.2, 0.25) is 0 Å². The van der Waals surface area contributed by atoms with Crippen LogP contribution < -0.4 is 0 Å². The van der Waals surface area contributed by atoms with E-state index in [1.807, 2.05) is 12.1 Å². The van der Waals surface area contributed by atoms with Crippen LogP contribution in [-0.2, 0) is 24.2 Å². The Balaban J connectivity index is 0. The van der Waals surface area contributed by atoms with Gasteiger partial charge in [0.1, 0.15) is 0 Å². The Bertz CT molecular complexity index is 136. The quantitative estimate of drug-likeness (QED) is 0.541. The molecular weight excluding hydrogens is 283 g/mol. The third kappa shape index (κ3) is 10.1. The molecule has 2 rings (SSSR count). The van der Waals surface area contributed by atoms with E-state index < -0.39 is 0 Å². The van der Waals surface area contributed by atoms with Gasteiger partial charge in [-0.25, -0.2) is 0 Å². The van der Waals surface area contributed by atoms with Crippen LogP contribution in [0.4, 0.5) is 0 Å². The third-order valence-corrected chi connectivity index (χ3v) is 1.34. The summed E-state index contributed by atoms with van der Waals surface area (Å²) in [5.41, 5.74) is 0. The van der Waals surface area contributed by atoms with Gasteiger partial charge in [0.2, 0.25) is 0 Å². The molecule has 4 heteroatoms. The predicted molar refractivity (Wildman–Crippen MR) is 53.4 cm³/mol. The fraction of sp³-hybridized carbons (Fsp3) is 0.444. The van der Waals surface area contributed by atoms with Crippen molar-refractivity contribution in [2.75, 3.05) is 13.2 Å². The van der Waals surface area contributed by atoms with Crippen molar-refractivity contribution in [3.8, 4) is 0 Å². The molecule has 1 fully saturated rings. The fourth-order valence-corrected chi connectivity index (χ4v) is 0.788. The van der Waals surface area contributed by atoms with Gasteiger partial charge in [-0.2, -0.15) is 18.2 Å². The van der Waals surface area contributed by atoms with Gasteiger partial charge in [-0.1, -0.05) is 12.4 Å². The molecule has 0 radical (unpaired) electrons. The maximum Gasteiger partial charge on any atom is 0.0466 e. The summed E-state index contributed by atoms with van der Waals surface area (Å²) >= 11 is 0. The molecule has 1 aliphatic heterocycles. The molecule has 2 nitrogen and oxygen atoms in total. The molecule has 1 saturated heterocycles. The van der Waals surface area contributed by atoms with Crippen molar-refractivity contribution in [1.29, 1.82) is 0 Å². The molecule has 0 saturated carbocycles. The van der Waals surface area contributed by atoms with Crippen molar-refractivity contribution in [1.82, 2.24) is 4.98 Å². The summed E-state index contributed by atoms with van der Waals surface area (Å²) < 4.78 is 4.94. The molecule has 0 aromatic carbocycles. The number of ether oxygens (including phenoxy) is 1. The number of nitrogens with zero attached hydrogens (tertiary/aromatic N) is 1. The Labute approximate surface area is 103 Å². The van der Waals surface area contributed by atoms with Crippen LogP contribution in [0.15, 0.2) is 24.4 Å². The Morgan fingerprint density at radius 2 is 1.85 bits per heavy atom. The minimum Gasteiger partial charge on any atom is -0.394 e. The van der Waals surface area contributed by atoms with Gasteiger partial charge in [-0.05, 0) is 12.8 Å². The molecule has 13 heavy (non-hydrogen) atoms. The second-order valence-corrected chi connectivity index (χ2v) is 2.28. The maximum absolute atomic E-state index is 4.94. The van der Waals surface area contributed by atoms with Crippen molar-refractivity contribution >= 4 is 17.0 Å². The smallest absolute Gasteiger partial charge is 0.0466 e. The normalized spacial score (nSPS) is 12.9. The van der Waals surface area contributed by atoms with E-state index in [2.05, 4.69) is 11.2 Å². The summed E-state index contributed by atoms with van der Waals surface area (Å²) in [4.78, 5) is 3.66. The molecule has 70 valence electrons. The van der Waals surface area contributed by atoms with Gasteiger partial charge >= 0.3 is 0 Å². The molecule has 0 spiro atoms. The number of aromatic nitrogens is 1. The molecule has 2 heterocycles. The topological polar surface area (TPSA) is 22.1 Å². The summed E-state index contributed by atoms with van der Waals surface area (Å²) in [7, 11) is 0. The third-order valence-electron chi connectivity index (χ3n) is 1.34. The van der Waals surface area contributed by atoms with E-state index in [0.717, 1.165) is 13.2 Å². The summed E-state index contributed by atoms with van der Waals surface area (Å²) in [5, 5.41) is 0. The molecule has 0 unspecified atom stereocenters. The first-order valence-corrected chi connectivity index (χ1v) is 3.85. The largest absolute Gasteiger partial charge is 0.394 e. The van der Waals surface area contributed by atoms with E-state index in [1.54, 1.807) is 12.3 Å². The minimum absolute atomic E-state index is 0. The molecule has 1 aromatic heterocycles. The van der Waals surface area contributed by atoms with Gasteiger partial charge in [-0.15, -0.1) is 17.0 Å². The molecule has 0 aliphatic carbocycles. The number of halogens is 1. The van der Waals surface area contributed by atoms with E-state index in [1.165, 1.54) is 12.8 Å². The van der Waals surface area contributed by atoms with Crippen LogP contribution in [0.3, 0.4) is 0 Å². The van der Waals surface area contributed by atoms with Crippen molar-refractivity contribution in [2.45, 2.75) is 12.8 Å². The predicted octanol–water partition coefficient (Wildman–Crippen LogP) is 2.25. The second-order valence-electron chi connectivity index (χ2n) is 2.28.